The van der Waals surface area contributed by atoms with Crippen LogP contribution < -0.4 is 5.32 Å². The molecule has 1 fully saturated rings. The first-order chi connectivity index (χ1) is 4.24. The molecule has 0 aliphatic carbocycles. The molecule has 0 radical (unpaired) electrons. The van der Waals surface area contributed by atoms with Gasteiger partial charge < -0.3 is 10.1 Å². The summed E-state index contributed by atoms with van der Waals surface area (Å²) in [7, 11) is 1.30. The molecule has 1 amide bonds. The third-order valence-electron chi connectivity index (χ3n) is 1.21. The van der Waals surface area contributed by atoms with E-state index < -0.39 is 0 Å². The minimum atomic E-state index is -0.387. The molecule has 1 N–H and O–H groups in total. The van der Waals surface area contributed by atoms with Gasteiger partial charge in [0.05, 0.1) is 13.5 Å². The van der Waals surface area contributed by atoms with Crippen LogP contribution in [0.2, 0.25) is 0 Å². The summed E-state index contributed by atoms with van der Waals surface area (Å²) in [6.45, 7) is 0. The van der Waals surface area contributed by atoms with Crippen LogP contribution in [0.25, 0.3) is 0 Å². The third-order valence-corrected chi connectivity index (χ3v) is 1.21. The van der Waals surface area contributed by atoms with Crippen LogP contribution in [-0.4, -0.2) is 25.0 Å². The molecule has 4 heteroatoms. The summed E-state index contributed by atoms with van der Waals surface area (Å²) < 4.78 is 4.35. The molecular weight excluding hydrogens is 122 g/mol. The van der Waals surface area contributed by atoms with Crippen molar-refractivity contribution in [3.05, 3.63) is 0 Å². The van der Waals surface area contributed by atoms with Crippen LogP contribution in [0.15, 0.2) is 0 Å². The molecule has 1 heterocycles. The Morgan fingerprint density at radius 2 is 2.44 bits per heavy atom. The third kappa shape index (κ3) is 1.01. The van der Waals surface area contributed by atoms with E-state index in [4.69, 9.17) is 0 Å². The minimum Gasteiger partial charge on any atom is -0.467 e. The maximum absolute atomic E-state index is 10.5. The maximum atomic E-state index is 10.5. The number of hydrogen-bond donors (Lipinski definition) is 1. The zero-order chi connectivity index (χ0) is 6.85. The molecule has 1 aliphatic heterocycles. The minimum absolute atomic E-state index is 0.0922. The molecule has 0 spiro atoms. The van der Waals surface area contributed by atoms with Gasteiger partial charge in [0.1, 0.15) is 6.04 Å². The number of methoxy groups -OCH3 is 1. The summed E-state index contributed by atoms with van der Waals surface area (Å²) in [5.74, 6) is -0.458. The van der Waals surface area contributed by atoms with E-state index in [0.29, 0.717) is 0 Å². The quantitative estimate of drug-likeness (QED) is 0.367. The highest BCUT2D eigenvalue weighted by Gasteiger charge is 2.32. The average Bonchev–Trinajstić information content (AvgIpc) is 1.79. The summed E-state index contributed by atoms with van der Waals surface area (Å²) in [4.78, 5) is 20.7. The Hall–Kier alpha value is -1.06. The molecule has 9 heavy (non-hydrogen) atoms. The first kappa shape index (κ1) is 6.07. The van der Waals surface area contributed by atoms with E-state index in [0.717, 1.165) is 0 Å². The van der Waals surface area contributed by atoms with Crippen molar-refractivity contribution in [2.45, 2.75) is 12.5 Å². The van der Waals surface area contributed by atoms with Crippen molar-refractivity contribution < 1.29 is 14.3 Å². The van der Waals surface area contributed by atoms with Crippen molar-refractivity contribution in [3.63, 3.8) is 0 Å². The molecule has 1 atom stereocenters. The Kier molecular flexibility index (Phi) is 1.38. The van der Waals surface area contributed by atoms with Gasteiger partial charge in [0, 0.05) is 0 Å². The second-order valence-electron chi connectivity index (χ2n) is 1.85. The monoisotopic (exact) mass is 129 g/mol. The van der Waals surface area contributed by atoms with Gasteiger partial charge in [-0.25, -0.2) is 4.79 Å². The van der Waals surface area contributed by atoms with Gasteiger partial charge in [-0.05, 0) is 0 Å². The van der Waals surface area contributed by atoms with Crippen molar-refractivity contribution >= 4 is 11.9 Å². The maximum Gasteiger partial charge on any atom is 0.328 e. The highest BCUT2D eigenvalue weighted by atomic mass is 16.5. The van der Waals surface area contributed by atoms with Crippen LogP contribution in [0.1, 0.15) is 6.42 Å². The fraction of sp³-hybridized carbons (Fsp3) is 0.600. The van der Waals surface area contributed by atoms with E-state index in [-0.39, 0.29) is 24.3 Å². The Labute approximate surface area is 52.2 Å². The van der Waals surface area contributed by atoms with Crippen molar-refractivity contribution in [2.75, 3.05) is 7.11 Å². The number of amides is 1. The Bertz CT molecular complexity index is 146. The highest BCUT2D eigenvalue weighted by molar-refractivity contribution is 5.94. The van der Waals surface area contributed by atoms with Crippen molar-refractivity contribution in [3.8, 4) is 0 Å². The molecule has 0 aromatic carbocycles. The van der Waals surface area contributed by atoms with Gasteiger partial charge in [0.2, 0.25) is 5.91 Å². The normalized spacial score (nSPS) is 24.1. The van der Waals surface area contributed by atoms with E-state index in [2.05, 4.69) is 10.1 Å². The SMILES string of the molecule is COC(=O)[C@H]1CC(=O)N1. The second kappa shape index (κ2) is 2.05. The van der Waals surface area contributed by atoms with Crippen LogP contribution in [0.4, 0.5) is 0 Å². The van der Waals surface area contributed by atoms with Gasteiger partial charge in [-0.1, -0.05) is 0 Å². The van der Waals surface area contributed by atoms with Crippen LogP contribution in [0.3, 0.4) is 0 Å². The van der Waals surface area contributed by atoms with E-state index in [9.17, 15) is 9.59 Å². The van der Waals surface area contributed by atoms with E-state index >= 15 is 0 Å². The fourth-order valence-corrected chi connectivity index (χ4v) is 0.643. The van der Waals surface area contributed by atoms with Crippen LogP contribution in [0.5, 0.6) is 0 Å². The molecule has 1 aliphatic rings. The lowest BCUT2D eigenvalue weighted by Crippen LogP contribution is -2.53. The lowest BCUT2D eigenvalue weighted by molar-refractivity contribution is -0.150. The van der Waals surface area contributed by atoms with Crippen molar-refractivity contribution in [1.29, 1.82) is 0 Å². The summed E-state index contributed by atoms with van der Waals surface area (Å²) in [5, 5.41) is 2.38. The molecule has 1 rings (SSSR count). The lowest BCUT2D eigenvalue weighted by Gasteiger charge is -2.23. The van der Waals surface area contributed by atoms with E-state index in [1.54, 1.807) is 0 Å². The molecule has 0 unspecified atom stereocenters. The Morgan fingerprint density at radius 1 is 1.89 bits per heavy atom. The predicted octanol–water partition coefficient (Wildman–Crippen LogP) is -0.952. The molecular formula is C5H7NO3. The smallest absolute Gasteiger partial charge is 0.328 e. The molecule has 50 valence electrons. The van der Waals surface area contributed by atoms with E-state index in [1.807, 2.05) is 0 Å². The first-order valence-electron chi connectivity index (χ1n) is 2.61. The molecule has 0 saturated carbocycles. The van der Waals surface area contributed by atoms with Crippen LogP contribution in [0, 0.1) is 0 Å². The van der Waals surface area contributed by atoms with Gasteiger partial charge in [0.25, 0.3) is 0 Å². The van der Waals surface area contributed by atoms with E-state index in [1.165, 1.54) is 7.11 Å². The molecule has 1 saturated heterocycles. The lowest BCUT2D eigenvalue weighted by atomic mass is 10.1. The molecule has 0 bridgehead atoms. The topological polar surface area (TPSA) is 55.4 Å². The molecule has 4 nitrogen and oxygen atoms in total. The van der Waals surface area contributed by atoms with Crippen LogP contribution in [-0.2, 0) is 14.3 Å². The number of esters is 1. The zero-order valence-corrected chi connectivity index (χ0v) is 5.01. The zero-order valence-electron chi connectivity index (χ0n) is 5.01. The number of hydrogen-bond acceptors (Lipinski definition) is 3. The second-order valence-corrected chi connectivity index (χ2v) is 1.85. The van der Waals surface area contributed by atoms with Crippen molar-refractivity contribution in [2.24, 2.45) is 0 Å². The fourth-order valence-electron chi connectivity index (χ4n) is 0.643. The number of nitrogens with one attached hydrogen (secondary N) is 1. The Balaban J connectivity index is 2.31. The highest BCUT2D eigenvalue weighted by Crippen LogP contribution is 2.04. The van der Waals surface area contributed by atoms with Gasteiger partial charge in [-0.2, -0.15) is 0 Å². The van der Waals surface area contributed by atoms with Crippen LogP contribution >= 0.6 is 0 Å². The largest absolute Gasteiger partial charge is 0.467 e. The molecule has 0 aromatic heterocycles. The predicted molar refractivity (Wildman–Crippen MR) is 28.6 cm³/mol. The van der Waals surface area contributed by atoms with Gasteiger partial charge in [-0.15, -0.1) is 0 Å². The van der Waals surface area contributed by atoms with Gasteiger partial charge in [-0.3, -0.25) is 4.79 Å². The van der Waals surface area contributed by atoms with Gasteiger partial charge >= 0.3 is 5.97 Å². The number of carbonyl (C=O) groups is 2. The standard InChI is InChI=1S/C5H7NO3/c1-9-5(8)3-2-4(7)6-3/h3H,2H2,1H3,(H,6,7)/t3-/m1/s1. The van der Waals surface area contributed by atoms with Crippen molar-refractivity contribution in [1.82, 2.24) is 5.32 Å². The number of ether oxygens (including phenoxy) is 1. The molecule has 0 aromatic rings. The summed E-state index contributed by atoms with van der Waals surface area (Å²) in [6, 6.07) is -0.387. The average molecular weight is 129 g/mol. The summed E-state index contributed by atoms with van der Waals surface area (Å²) in [6.07, 6.45) is 0.271. The number of β-lactam (4-membered cyclic amide) rings is 1. The first-order valence-corrected chi connectivity index (χ1v) is 2.61. The number of rotatable bonds is 1. The summed E-state index contributed by atoms with van der Waals surface area (Å²) >= 11 is 0. The van der Waals surface area contributed by atoms with Gasteiger partial charge in [0.15, 0.2) is 0 Å². The number of carbonyl (C=O) groups excluding carboxylic acids is 2. The summed E-state index contributed by atoms with van der Waals surface area (Å²) in [5.41, 5.74) is 0. The Morgan fingerprint density at radius 3 is 2.78 bits per heavy atom.